The minimum absolute atomic E-state index is 0.114. The number of allylic oxidation sites excluding steroid dienone is 7. The van der Waals surface area contributed by atoms with Gasteiger partial charge in [-0.15, -0.1) is 0 Å². The molecule has 14 heteroatoms. The molecular formula is C40H70NO12P. The van der Waals surface area contributed by atoms with Gasteiger partial charge >= 0.3 is 25.7 Å². The van der Waals surface area contributed by atoms with Gasteiger partial charge in [0.15, 0.2) is 6.10 Å². The van der Waals surface area contributed by atoms with Crippen LogP contribution in [0.15, 0.2) is 48.6 Å². The first kappa shape index (κ1) is 51.4. The third-order valence-electron chi connectivity index (χ3n) is 8.29. The molecule has 0 amide bonds. The van der Waals surface area contributed by atoms with Crippen LogP contribution in [0.4, 0.5) is 0 Å². The first-order valence-electron chi connectivity index (χ1n) is 19.8. The van der Waals surface area contributed by atoms with E-state index in [0.717, 1.165) is 38.5 Å². The van der Waals surface area contributed by atoms with Crippen molar-refractivity contribution in [3.8, 4) is 0 Å². The van der Waals surface area contributed by atoms with Gasteiger partial charge < -0.3 is 35.4 Å². The lowest BCUT2D eigenvalue weighted by Gasteiger charge is -2.20. The fraction of sp³-hybridized carbons (Fsp3) is 0.725. The van der Waals surface area contributed by atoms with E-state index < -0.39 is 69.9 Å². The van der Waals surface area contributed by atoms with E-state index in [0.29, 0.717) is 12.8 Å². The second-order valence-electron chi connectivity index (χ2n) is 13.3. The van der Waals surface area contributed by atoms with Crippen molar-refractivity contribution in [1.29, 1.82) is 0 Å². The van der Waals surface area contributed by atoms with E-state index in [2.05, 4.69) is 48.8 Å². The fourth-order valence-electron chi connectivity index (χ4n) is 5.03. The maximum absolute atomic E-state index is 12.6. The van der Waals surface area contributed by atoms with E-state index in [1.165, 1.54) is 44.9 Å². The average molecular weight is 788 g/mol. The molecular weight excluding hydrogens is 717 g/mol. The maximum atomic E-state index is 12.6. The van der Waals surface area contributed by atoms with Crippen LogP contribution in [-0.2, 0) is 37.5 Å². The van der Waals surface area contributed by atoms with E-state index >= 15 is 0 Å². The number of unbranched alkanes of at least 4 members (excludes halogenated alkanes) is 10. The van der Waals surface area contributed by atoms with Crippen LogP contribution >= 0.6 is 7.82 Å². The molecule has 1 unspecified atom stereocenters. The summed E-state index contributed by atoms with van der Waals surface area (Å²) in [6.45, 7) is 2.35. The topological polar surface area (TPSA) is 212 Å². The van der Waals surface area contributed by atoms with Gasteiger partial charge in [-0.3, -0.25) is 23.4 Å². The fourth-order valence-corrected chi connectivity index (χ4v) is 5.81. The molecule has 0 bridgehead atoms. The predicted octanol–water partition coefficient (Wildman–Crippen LogP) is 7.78. The van der Waals surface area contributed by atoms with Crippen molar-refractivity contribution in [2.75, 3.05) is 19.8 Å². The molecule has 13 nitrogen and oxygen atoms in total. The highest BCUT2D eigenvalue weighted by Crippen LogP contribution is 2.43. The lowest BCUT2D eigenvalue weighted by Crippen LogP contribution is -2.34. The van der Waals surface area contributed by atoms with Gasteiger partial charge in [0.1, 0.15) is 12.6 Å². The lowest BCUT2D eigenvalue weighted by atomic mass is 10.0. The quantitative estimate of drug-likeness (QED) is 0.0178. The van der Waals surface area contributed by atoms with Crippen LogP contribution in [0.25, 0.3) is 0 Å². The van der Waals surface area contributed by atoms with Gasteiger partial charge in [-0.05, 0) is 51.4 Å². The Kier molecular flexibility index (Phi) is 33.1. The van der Waals surface area contributed by atoms with Gasteiger partial charge in [-0.2, -0.15) is 0 Å². The summed E-state index contributed by atoms with van der Waals surface area (Å²) in [5.74, 6) is -2.71. The van der Waals surface area contributed by atoms with Crippen molar-refractivity contribution in [2.45, 2.75) is 167 Å². The number of carbonyl (C=O) groups is 3. The molecule has 0 rings (SSSR count). The summed E-state index contributed by atoms with van der Waals surface area (Å²) in [5.41, 5.74) is 5.30. The third kappa shape index (κ3) is 32.8. The monoisotopic (exact) mass is 787 g/mol. The molecule has 0 fully saturated rings. The highest BCUT2D eigenvalue weighted by Gasteiger charge is 2.28. The molecule has 0 aromatic heterocycles. The van der Waals surface area contributed by atoms with Crippen molar-refractivity contribution in [3.63, 3.8) is 0 Å². The number of phosphoric acid groups is 1. The second kappa shape index (κ2) is 34.8. The average Bonchev–Trinajstić information content (AvgIpc) is 3.14. The van der Waals surface area contributed by atoms with Crippen LogP contribution < -0.4 is 5.73 Å². The zero-order valence-electron chi connectivity index (χ0n) is 32.8. The molecule has 0 aliphatic carbocycles. The summed E-state index contributed by atoms with van der Waals surface area (Å²) in [4.78, 5) is 45.8. The van der Waals surface area contributed by atoms with E-state index in [1.54, 1.807) is 6.08 Å². The zero-order chi connectivity index (χ0) is 40.3. The number of carboxylic acids is 1. The lowest BCUT2D eigenvalue weighted by molar-refractivity contribution is -0.161. The molecule has 0 saturated heterocycles. The summed E-state index contributed by atoms with van der Waals surface area (Å²) < 4.78 is 32.4. The molecule has 0 aliphatic rings. The molecule has 0 radical (unpaired) electrons. The number of esters is 2. The normalized spacial score (nSPS) is 15.5. The number of aliphatic hydroxyl groups is 2. The van der Waals surface area contributed by atoms with Gasteiger partial charge in [0.05, 0.1) is 25.4 Å². The number of carboxylic acid groups (broad SMARTS) is 1. The number of aliphatic hydroxyl groups excluding tert-OH is 2. The van der Waals surface area contributed by atoms with Gasteiger partial charge in [0.25, 0.3) is 0 Å². The Balaban J connectivity index is 4.69. The van der Waals surface area contributed by atoms with E-state index in [4.69, 9.17) is 24.8 Å². The van der Waals surface area contributed by atoms with Crippen LogP contribution in [0.5, 0.6) is 0 Å². The number of nitrogens with two attached hydrogens (primary N) is 1. The molecule has 54 heavy (non-hydrogen) atoms. The Labute approximate surface area is 323 Å². The summed E-state index contributed by atoms with van der Waals surface area (Å²) in [5, 5.41) is 29.5. The summed E-state index contributed by atoms with van der Waals surface area (Å²) in [6, 6.07) is -1.57. The largest absolute Gasteiger partial charge is 0.480 e. The Morgan fingerprint density at radius 3 is 1.70 bits per heavy atom. The van der Waals surface area contributed by atoms with Crippen LogP contribution in [0.1, 0.15) is 142 Å². The predicted molar refractivity (Wildman–Crippen MR) is 210 cm³/mol. The van der Waals surface area contributed by atoms with Crippen LogP contribution in [0, 0.1) is 0 Å². The minimum atomic E-state index is -4.79. The molecule has 0 aliphatic heterocycles. The first-order chi connectivity index (χ1) is 25.9. The van der Waals surface area contributed by atoms with Crippen molar-refractivity contribution in [2.24, 2.45) is 5.73 Å². The zero-order valence-corrected chi connectivity index (χ0v) is 33.7. The molecule has 0 aromatic rings. The summed E-state index contributed by atoms with van der Waals surface area (Å²) >= 11 is 0. The Hall–Kier alpha value is -2.64. The molecule has 6 N–H and O–H groups in total. The van der Waals surface area contributed by atoms with Gasteiger partial charge in [-0.25, -0.2) is 4.57 Å². The summed E-state index contributed by atoms with van der Waals surface area (Å²) in [6.07, 6.45) is 29.3. The van der Waals surface area contributed by atoms with Crippen LogP contribution in [0.3, 0.4) is 0 Å². The third-order valence-corrected chi connectivity index (χ3v) is 9.24. The molecule has 0 spiro atoms. The van der Waals surface area contributed by atoms with Gasteiger partial charge in [0.2, 0.25) is 0 Å². The van der Waals surface area contributed by atoms with E-state index in [1.807, 2.05) is 12.2 Å². The summed E-state index contributed by atoms with van der Waals surface area (Å²) in [7, 11) is -4.79. The van der Waals surface area contributed by atoms with E-state index in [-0.39, 0.29) is 32.1 Å². The van der Waals surface area contributed by atoms with E-state index in [9.17, 15) is 34.1 Å². The Bertz CT molecular complexity index is 1140. The number of ether oxygens (including phenoxy) is 2. The Morgan fingerprint density at radius 1 is 0.648 bits per heavy atom. The molecule has 0 heterocycles. The highest BCUT2D eigenvalue weighted by atomic mass is 31.2. The Morgan fingerprint density at radius 2 is 1.15 bits per heavy atom. The molecule has 0 saturated carbocycles. The van der Waals surface area contributed by atoms with Crippen molar-refractivity contribution >= 4 is 25.7 Å². The first-order valence-corrected chi connectivity index (χ1v) is 21.3. The van der Waals surface area contributed by atoms with Gasteiger partial charge in [0, 0.05) is 12.8 Å². The molecule has 312 valence electrons. The minimum Gasteiger partial charge on any atom is -0.480 e. The number of rotatable bonds is 36. The van der Waals surface area contributed by atoms with Crippen molar-refractivity contribution < 1.29 is 57.7 Å². The highest BCUT2D eigenvalue weighted by molar-refractivity contribution is 7.47. The number of aliphatic carboxylic acids is 1. The smallest absolute Gasteiger partial charge is 0.472 e. The van der Waals surface area contributed by atoms with Crippen molar-refractivity contribution in [1.82, 2.24) is 0 Å². The SMILES string of the molecule is CC/C=C\C/C=C\C/C=C\C/C=C\C[C@@H](O)[C@H](O)CCCC(=O)O[C@H](COC(=O)CCCCCCCCCCCCC)COP(=O)(O)OC[C@H](N)C(=O)O. The van der Waals surface area contributed by atoms with Gasteiger partial charge in [-0.1, -0.05) is 127 Å². The number of hydrogen-bond acceptors (Lipinski definition) is 11. The molecule has 5 atom stereocenters. The molecule has 0 aromatic carbocycles. The standard InChI is InChI=1S/C40H70NO12P/c1-3-5-7-9-11-13-15-17-18-20-22-24-27-36(42)37(43)28-26-30-39(45)53-34(32-51-54(48,49)52-33-35(41)40(46)47)31-50-38(44)29-25-23-21-19-16-14-12-10-8-6-4-2/h5,7,11,13,17-18,22,24,34-37,42-43H,3-4,6,8-10,12,14-16,19-21,23,25-33,41H2,1-2H3,(H,46,47)(H,48,49)/b7-5-,13-11-,18-17-,24-22-/t34-,35+,36-,37-/m1/s1. The van der Waals surface area contributed by atoms with Crippen LogP contribution in [-0.4, -0.2) is 82.3 Å². The van der Waals surface area contributed by atoms with Crippen molar-refractivity contribution in [3.05, 3.63) is 48.6 Å². The second-order valence-corrected chi connectivity index (χ2v) is 14.8. The number of carbonyl (C=O) groups excluding carboxylic acids is 2. The number of hydrogen-bond donors (Lipinski definition) is 5. The van der Waals surface area contributed by atoms with Crippen LogP contribution in [0.2, 0.25) is 0 Å². The maximum Gasteiger partial charge on any atom is 0.472 e. The number of phosphoric ester groups is 1.